The summed E-state index contributed by atoms with van der Waals surface area (Å²) in [5.74, 6) is -0.746. The van der Waals surface area contributed by atoms with Gasteiger partial charge in [-0.15, -0.1) is 10.2 Å². The maximum Gasteiger partial charge on any atom is 0.259 e. The molecule has 0 aliphatic carbocycles. The number of anilines is 2. The van der Waals surface area contributed by atoms with Gasteiger partial charge in [-0.1, -0.05) is 48.5 Å². The van der Waals surface area contributed by atoms with Gasteiger partial charge in [0.1, 0.15) is 17.1 Å². The molecule has 0 saturated carbocycles. The van der Waals surface area contributed by atoms with E-state index < -0.39 is 5.91 Å². The molecule has 0 radical (unpaired) electrons. The fraction of sp³-hybridized carbons (Fsp3) is 0.0909. The third-order valence-electron chi connectivity index (χ3n) is 6.56. The molecule has 0 aromatic heterocycles. The van der Waals surface area contributed by atoms with Crippen molar-refractivity contribution in [3.63, 3.8) is 0 Å². The van der Waals surface area contributed by atoms with Crippen LogP contribution in [0.15, 0.2) is 113 Å². The molecule has 10 nitrogen and oxygen atoms in total. The van der Waals surface area contributed by atoms with Crippen molar-refractivity contribution < 1.29 is 24.3 Å². The Balaban J connectivity index is 1.51. The number of methoxy groups -OCH3 is 1. The van der Waals surface area contributed by atoms with E-state index in [1.165, 1.54) is 20.2 Å². The number of ether oxygens (including phenoxy) is 1. The second-order valence-electron chi connectivity index (χ2n) is 9.42. The van der Waals surface area contributed by atoms with Crippen molar-refractivity contribution in [2.45, 2.75) is 6.61 Å². The van der Waals surface area contributed by atoms with Gasteiger partial charge in [-0.25, -0.2) is 0 Å². The van der Waals surface area contributed by atoms with Gasteiger partial charge in [0, 0.05) is 23.7 Å². The van der Waals surface area contributed by atoms with Crippen molar-refractivity contribution in [3.05, 3.63) is 120 Å². The van der Waals surface area contributed by atoms with E-state index in [4.69, 9.17) is 9.57 Å². The minimum absolute atomic E-state index is 0.0274. The number of azo groups is 1. The molecule has 0 heterocycles. The van der Waals surface area contributed by atoms with Gasteiger partial charge in [-0.05, 0) is 65.5 Å². The van der Waals surface area contributed by atoms with Crippen LogP contribution < -0.4 is 20.9 Å². The number of aromatic hydroxyl groups is 1. The van der Waals surface area contributed by atoms with E-state index in [0.717, 1.165) is 11.3 Å². The van der Waals surface area contributed by atoms with E-state index >= 15 is 0 Å². The SMILES string of the molecule is CNC(=O)c1ccc2c(N=Nc3cc(CONc4ccccc4)ccc3OC)c(O)c(C(=O)Nc3ccccc3)cc2c1. The van der Waals surface area contributed by atoms with E-state index in [1.807, 2.05) is 42.5 Å². The number of nitrogens with zero attached hydrogens (tertiary/aromatic N) is 2. The number of amides is 2. The average Bonchev–Trinajstić information content (AvgIpc) is 3.04. The Morgan fingerprint density at radius 1 is 0.814 bits per heavy atom. The van der Waals surface area contributed by atoms with Crippen LogP contribution in [0.5, 0.6) is 11.5 Å². The number of benzene rings is 5. The Kier molecular flexibility index (Phi) is 8.89. The van der Waals surface area contributed by atoms with E-state index in [1.54, 1.807) is 54.6 Å². The number of hydrogen-bond acceptors (Lipinski definition) is 8. The van der Waals surface area contributed by atoms with E-state index in [-0.39, 0.29) is 29.5 Å². The molecule has 5 rings (SSSR count). The summed E-state index contributed by atoms with van der Waals surface area (Å²) in [6.07, 6.45) is 0. The average molecular weight is 576 g/mol. The van der Waals surface area contributed by atoms with Crippen LogP contribution in [-0.2, 0) is 11.4 Å². The van der Waals surface area contributed by atoms with Crippen LogP contribution in [0.25, 0.3) is 10.8 Å². The molecule has 5 aromatic rings. The van der Waals surface area contributed by atoms with E-state index in [2.05, 4.69) is 26.3 Å². The van der Waals surface area contributed by atoms with Gasteiger partial charge in [0.25, 0.3) is 11.8 Å². The highest BCUT2D eigenvalue weighted by molar-refractivity contribution is 6.12. The van der Waals surface area contributed by atoms with E-state index in [9.17, 15) is 14.7 Å². The van der Waals surface area contributed by atoms with Gasteiger partial charge in [0.05, 0.1) is 25.0 Å². The molecule has 0 unspecified atom stereocenters. The molecule has 216 valence electrons. The van der Waals surface area contributed by atoms with Crippen molar-refractivity contribution in [3.8, 4) is 11.5 Å². The molecule has 0 fully saturated rings. The summed E-state index contributed by atoms with van der Waals surface area (Å²) in [5.41, 5.74) is 5.86. The lowest BCUT2D eigenvalue weighted by Crippen LogP contribution is -2.17. The predicted octanol–water partition coefficient (Wildman–Crippen LogP) is 7.13. The topological polar surface area (TPSA) is 134 Å². The summed E-state index contributed by atoms with van der Waals surface area (Å²) in [4.78, 5) is 31.2. The largest absolute Gasteiger partial charge is 0.505 e. The highest BCUT2D eigenvalue weighted by Crippen LogP contribution is 2.41. The van der Waals surface area contributed by atoms with Gasteiger partial charge in [-0.3, -0.25) is 19.9 Å². The summed E-state index contributed by atoms with van der Waals surface area (Å²) in [5, 5.41) is 26.5. The number of carbonyl (C=O) groups excluding carboxylic acids is 2. The predicted molar refractivity (Wildman–Crippen MR) is 165 cm³/mol. The molecular weight excluding hydrogens is 546 g/mol. The van der Waals surface area contributed by atoms with Crippen LogP contribution in [0, 0.1) is 0 Å². The molecule has 10 heteroatoms. The van der Waals surface area contributed by atoms with Crippen molar-refractivity contribution in [2.24, 2.45) is 10.2 Å². The van der Waals surface area contributed by atoms with Crippen molar-refractivity contribution in [1.82, 2.24) is 5.32 Å². The first kappa shape index (κ1) is 28.8. The Morgan fingerprint density at radius 2 is 1.53 bits per heavy atom. The number of para-hydroxylation sites is 2. The summed E-state index contributed by atoms with van der Waals surface area (Å²) >= 11 is 0. The second-order valence-corrected chi connectivity index (χ2v) is 9.42. The normalized spacial score (nSPS) is 10.9. The first-order valence-electron chi connectivity index (χ1n) is 13.4. The monoisotopic (exact) mass is 575 g/mol. The molecule has 0 atom stereocenters. The highest BCUT2D eigenvalue weighted by Gasteiger charge is 2.20. The van der Waals surface area contributed by atoms with Crippen LogP contribution in [-0.4, -0.2) is 31.1 Å². The lowest BCUT2D eigenvalue weighted by atomic mass is 10.0. The van der Waals surface area contributed by atoms with Crippen LogP contribution in [0.2, 0.25) is 0 Å². The van der Waals surface area contributed by atoms with Gasteiger partial charge in [0.15, 0.2) is 5.75 Å². The third-order valence-corrected chi connectivity index (χ3v) is 6.56. The summed E-state index contributed by atoms with van der Waals surface area (Å²) in [6, 6.07) is 30.1. The zero-order chi connectivity index (χ0) is 30.2. The molecule has 0 saturated heterocycles. The number of phenols is 1. The van der Waals surface area contributed by atoms with Crippen LogP contribution in [0.1, 0.15) is 26.3 Å². The van der Waals surface area contributed by atoms with Gasteiger partial charge >= 0.3 is 0 Å². The summed E-state index contributed by atoms with van der Waals surface area (Å²) < 4.78 is 5.48. The summed E-state index contributed by atoms with van der Waals surface area (Å²) in [6.45, 7) is 0.229. The van der Waals surface area contributed by atoms with E-state index in [0.29, 0.717) is 33.5 Å². The molecular formula is C33H29N5O5. The number of carbonyl (C=O) groups is 2. The smallest absolute Gasteiger partial charge is 0.259 e. The molecule has 0 aliphatic rings. The molecule has 0 aliphatic heterocycles. The van der Waals surface area contributed by atoms with Crippen molar-refractivity contribution in [2.75, 3.05) is 25.0 Å². The molecule has 0 bridgehead atoms. The Bertz CT molecular complexity index is 1790. The van der Waals surface area contributed by atoms with Gasteiger partial charge in [-0.2, -0.15) is 0 Å². The number of nitrogens with one attached hydrogen (secondary N) is 3. The Hall–Kier alpha value is -5.74. The minimum atomic E-state index is -0.546. The van der Waals surface area contributed by atoms with Gasteiger partial charge < -0.3 is 20.5 Å². The minimum Gasteiger partial charge on any atom is -0.505 e. The summed E-state index contributed by atoms with van der Waals surface area (Å²) in [7, 11) is 3.05. The molecule has 43 heavy (non-hydrogen) atoms. The first-order chi connectivity index (χ1) is 21.0. The van der Waals surface area contributed by atoms with Crippen molar-refractivity contribution >= 4 is 45.3 Å². The molecule has 5 aromatic carbocycles. The van der Waals surface area contributed by atoms with Crippen molar-refractivity contribution in [1.29, 1.82) is 0 Å². The second kappa shape index (κ2) is 13.3. The Morgan fingerprint density at radius 3 is 2.23 bits per heavy atom. The number of hydrogen-bond donors (Lipinski definition) is 4. The van der Waals surface area contributed by atoms with Crippen LogP contribution >= 0.6 is 0 Å². The highest BCUT2D eigenvalue weighted by atomic mass is 16.6. The first-order valence-corrected chi connectivity index (χ1v) is 13.4. The maximum atomic E-state index is 13.3. The van der Waals surface area contributed by atoms with Gasteiger partial charge in [0.2, 0.25) is 0 Å². The number of rotatable bonds is 10. The fourth-order valence-electron chi connectivity index (χ4n) is 4.37. The molecule has 4 N–H and O–H groups in total. The molecule has 2 amide bonds. The molecule has 0 spiro atoms. The quantitative estimate of drug-likeness (QED) is 0.103. The zero-order valence-electron chi connectivity index (χ0n) is 23.5. The standard InChI is InChI=1S/C33H29N5O5/c1-34-32(40)22-14-15-26-23(18-22)19-27(33(41)35-24-9-5-3-6-10-24)31(39)30(26)37-36-28-17-21(13-16-29(28)42-2)20-43-38-25-11-7-4-8-12-25/h3-19,38-39H,20H2,1-2H3,(H,34,40)(H,35,41). The maximum absolute atomic E-state index is 13.3. The van der Waals surface area contributed by atoms with Crippen LogP contribution in [0.4, 0.5) is 22.7 Å². The fourth-order valence-corrected chi connectivity index (χ4v) is 4.37. The third kappa shape index (κ3) is 6.77. The van der Waals surface area contributed by atoms with Crippen LogP contribution in [0.3, 0.4) is 0 Å². The lowest BCUT2D eigenvalue weighted by Gasteiger charge is -2.12. The lowest BCUT2D eigenvalue weighted by molar-refractivity contribution is 0.0962. The number of phenolic OH excluding ortho intramolecular Hbond substituents is 1. The Labute approximate surface area is 248 Å². The zero-order valence-corrected chi connectivity index (χ0v) is 23.5. The number of fused-ring (bicyclic) bond motifs is 1.